The van der Waals surface area contributed by atoms with Crippen molar-refractivity contribution in [1.82, 2.24) is 19.7 Å². The van der Waals surface area contributed by atoms with Crippen LogP contribution in [0.5, 0.6) is 0 Å². The maximum absolute atomic E-state index is 12.9. The van der Waals surface area contributed by atoms with Crippen molar-refractivity contribution in [2.24, 2.45) is 11.8 Å². The van der Waals surface area contributed by atoms with E-state index in [1.54, 1.807) is 15.9 Å². The zero-order valence-corrected chi connectivity index (χ0v) is 12.9. The molecule has 0 aromatic carbocycles. The fourth-order valence-corrected chi connectivity index (χ4v) is 3.75. The van der Waals surface area contributed by atoms with Gasteiger partial charge in [0.1, 0.15) is 12.7 Å². The van der Waals surface area contributed by atoms with Crippen molar-refractivity contribution in [3.05, 3.63) is 12.7 Å². The molecule has 1 aromatic rings. The number of alkyl halides is 3. The molecule has 1 aliphatic carbocycles. The van der Waals surface area contributed by atoms with Crippen molar-refractivity contribution < 1.29 is 18.0 Å². The predicted octanol–water partition coefficient (Wildman–Crippen LogP) is 2.81. The quantitative estimate of drug-likeness (QED) is 0.838. The Bertz CT molecular complexity index is 531. The summed E-state index contributed by atoms with van der Waals surface area (Å²) >= 11 is 0. The maximum atomic E-state index is 12.9. The highest BCUT2D eigenvalue weighted by molar-refractivity contribution is 5.79. The van der Waals surface area contributed by atoms with Crippen molar-refractivity contribution >= 4 is 5.91 Å². The average molecular weight is 330 g/mol. The van der Waals surface area contributed by atoms with E-state index in [2.05, 4.69) is 10.1 Å². The van der Waals surface area contributed by atoms with Gasteiger partial charge in [0.25, 0.3) is 0 Å². The van der Waals surface area contributed by atoms with Crippen molar-refractivity contribution in [2.45, 2.75) is 50.7 Å². The summed E-state index contributed by atoms with van der Waals surface area (Å²) in [4.78, 5) is 18.3. The van der Waals surface area contributed by atoms with Crippen LogP contribution in [-0.4, -0.2) is 44.8 Å². The van der Waals surface area contributed by atoms with Crippen LogP contribution >= 0.6 is 0 Å². The minimum Gasteiger partial charge on any atom is -0.340 e. The van der Waals surface area contributed by atoms with Gasteiger partial charge in [0.15, 0.2) is 0 Å². The van der Waals surface area contributed by atoms with E-state index in [-0.39, 0.29) is 24.8 Å². The summed E-state index contributed by atoms with van der Waals surface area (Å²) in [7, 11) is 0. The van der Waals surface area contributed by atoms with Crippen LogP contribution in [0.3, 0.4) is 0 Å². The molecule has 1 aromatic heterocycles. The molecule has 8 heteroatoms. The van der Waals surface area contributed by atoms with E-state index >= 15 is 0 Å². The minimum atomic E-state index is -4.19. The largest absolute Gasteiger partial charge is 0.391 e. The first-order chi connectivity index (χ1) is 10.9. The molecule has 0 unspecified atom stereocenters. The molecule has 1 aliphatic heterocycles. The molecule has 2 fully saturated rings. The van der Waals surface area contributed by atoms with Crippen LogP contribution in [0.15, 0.2) is 12.7 Å². The third kappa shape index (κ3) is 3.67. The Morgan fingerprint density at radius 1 is 1.17 bits per heavy atom. The highest BCUT2D eigenvalue weighted by atomic mass is 19.4. The summed E-state index contributed by atoms with van der Waals surface area (Å²) in [5.74, 6) is -1.95. The monoisotopic (exact) mass is 330 g/mol. The second-order valence-corrected chi connectivity index (χ2v) is 6.56. The smallest absolute Gasteiger partial charge is 0.340 e. The van der Waals surface area contributed by atoms with Gasteiger partial charge in [-0.25, -0.2) is 9.67 Å². The standard InChI is InChI=1S/C15H21F3N4O/c16-15(17,18)12-4-1-3-11(7-12)14(23)21-6-2-5-13(8-21)22-10-19-9-20-22/h9-13H,1-8H2/t11-,12-,13-/m1/s1. The first kappa shape index (κ1) is 16.3. The molecule has 23 heavy (non-hydrogen) atoms. The van der Waals surface area contributed by atoms with E-state index in [4.69, 9.17) is 0 Å². The van der Waals surface area contributed by atoms with Crippen LogP contribution in [0.2, 0.25) is 0 Å². The lowest BCUT2D eigenvalue weighted by Gasteiger charge is -2.37. The molecule has 2 aliphatic rings. The number of likely N-dealkylation sites (tertiary alicyclic amines) is 1. The Labute approximate surface area is 132 Å². The van der Waals surface area contributed by atoms with E-state index < -0.39 is 18.0 Å². The predicted molar refractivity (Wildman–Crippen MR) is 76.4 cm³/mol. The lowest BCUT2D eigenvalue weighted by Crippen LogP contribution is -2.45. The van der Waals surface area contributed by atoms with Gasteiger partial charge in [0.05, 0.1) is 12.0 Å². The third-order valence-corrected chi connectivity index (χ3v) is 5.01. The van der Waals surface area contributed by atoms with Gasteiger partial charge in [-0.3, -0.25) is 4.79 Å². The first-order valence-electron chi connectivity index (χ1n) is 8.14. The van der Waals surface area contributed by atoms with E-state index in [0.29, 0.717) is 25.9 Å². The Hall–Kier alpha value is -1.60. The molecule has 0 spiro atoms. The van der Waals surface area contributed by atoms with Crippen LogP contribution in [-0.2, 0) is 4.79 Å². The Morgan fingerprint density at radius 2 is 2.00 bits per heavy atom. The molecule has 3 rings (SSSR count). The molecule has 1 saturated carbocycles. The summed E-state index contributed by atoms with van der Waals surface area (Å²) in [5.41, 5.74) is 0. The van der Waals surface area contributed by atoms with Gasteiger partial charge in [0.2, 0.25) is 5.91 Å². The Morgan fingerprint density at radius 3 is 2.70 bits per heavy atom. The number of carbonyl (C=O) groups excluding carboxylic acids is 1. The minimum absolute atomic E-state index is 0.0627. The molecule has 1 saturated heterocycles. The Balaban J connectivity index is 1.63. The molecule has 128 valence electrons. The van der Waals surface area contributed by atoms with Crippen LogP contribution < -0.4 is 0 Å². The van der Waals surface area contributed by atoms with E-state index in [9.17, 15) is 18.0 Å². The molecule has 1 amide bonds. The number of piperidine rings is 1. The number of carbonyl (C=O) groups is 1. The number of hydrogen-bond acceptors (Lipinski definition) is 3. The average Bonchev–Trinajstić information content (AvgIpc) is 3.08. The maximum Gasteiger partial charge on any atom is 0.391 e. The van der Waals surface area contributed by atoms with Crippen LogP contribution in [0.4, 0.5) is 13.2 Å². The molecule has 0 bridgehead atoms. The van der Waals surface area contributed by atoms with Gasteiger partial charge < -0.3 is 4.90 Å². The first-order valence-corrected chi connectivity index (χ1v) is 8.14. The summed E-state index contributed by atoms with van der Waals surface area (Å²) in [6.45, 7) is 1.13. The van der Waals surface area contributed by atoms with Gasteiger partial charge in [0, 0.05) is 19.0 Å². The van der Waals surface area contributed by atoms with Gasteiger partial charge in [-0.15, -0.1) is 0 Å². The summed E-state index contributed by atoms with van der Waals surface area (Å²) < 4.78 is 40.5. The lowest BCUT2D eigenvalue weighted by molar-refractivity contribution is -0.187. The van der Waals surface area contributed by atoms with Gasteiger partial charge >= 0.3 is 6.18 Å². The third-order valence-electron chi connectivity index (χ3n) is 5.01. The van der Waals surface area contributed by atoms with E-state index in [0.717, 1.165) is 12.8 Å². The molecule has 0 N–H and O–H groups in total. The number of hydrogen-bond donors (Lipinski definition) is 0. The molecule has 2 heterocycles. The molecular weight excluding hydrogens is 309 g/mol. The fourth-order valence-electron chi connectivity index (χ4n) is 3.75. The highest BCUT2D eigenvalue weighted by Gasteiger charge is 2.44. The second-order valence-electron chi connectivity index (χ2n) is 6.56. The van der Waals surface area contributed by atoms with Crippen LogP contribution in [0, 0.1) is 11.8 Å². The molecule has 3 atom stereocenters. The van der Waals surface area contributed by atoms with Crippen molar-refractivity contribution in [3.63, 3.8) is 0 Å². The zero-order valence-electron chi connectivity index (χ0n) is 12.9. The van der Waals surface area contributed by atoms with Crippen molar-refractivity contribution in [1.29, 1.82) is 0 Å². The number of amides is 1. The number of halogens is 3. The normalized spacial score (nSPS) is 29.5. The lowest BCUT2D eigenvalue weighted by atomic mass is 9.80. The van der Waals surface area contributed by atoms with Gasteiger partial charge in [-0.2, -0.15) is 18.3 Å². The molecule has 5 nitrogen and oxygen atoms in total. The topological polar surface area (TPSA) is 51.0 Å². The SMILES string of the molecule is O=C([C@@H]1CCC[C@@H](C(F)(F)F)C1)N1CCC[C@@H](n2cncn2)C1. The zero-order chi connectivity index (χ0) is 16.4. The highest BCUT2D eigenvalue weighted by Crippen LogP contribution is 2.40. The van der Waals surface area contributed by atoms with Crippen LogP contribution in [0.1, 0.15) is 44.6 Å². The summed E-state index contributed by atoms with van der Waals surface area (Å²) in [6.07, 6.45) is 1.76. The summed E-state index contributed by atoms with van der Waals surface area (Å²) in [6, 6.07) is 0.0669. The summed E-state index contributed by atoms with van der Waals surface area (Å²) in [5, 5.41) is 4.11. The van der Waals surface area contributed by atoms with Gasteiger partial charge in [-0.05, 0) is 32.1 Å². The number of aromatic nitrogens is 3. The molecular formula is C15H21F3N4O. The van der Waals surface area contributed by atoms with E-state index in [1.807, 2.05) is 0 Å². The van der Waals surface area contributed by atoms with Crippen LogP contribution in [0.25, 0.3) is 0 Å². The number of nitrogens with zero attached hydrogens (tertiary/aromatic N) is 4. The van der Waals surface area contributed by atoms with E-state index in [1.165, 1.54) is 6.33 Å². The fraction of sp³-hybridized carbons (Fsp3) is 0.800. The van der Waals surface area contributed by atoms with Gasteiger partial charge in [-0.1, -0.05) is 6.42 Å². The molecule has 0 radical (unpaired) electrons. The second kappa shape index (κ2) is 6.49. The van der Waals surface area contributed by atoms with Crippen molar-refractivity contribution in [2.75, 3.05) is 13.1 Å². The van der Waals surface area contributed by atoms with Crippen molar-refractivity contribution in [3.8, 4) is 0 Å². The Kier molecular flexibility index (Phi) is 4.59. The number of rotatable bonds is 2.